The number of aliphatic hydroxyl groups excluding tert-OH is 1. The number of rotatable bonds is 4. The summed E-state index contributed by atoms with van der Waals surface area (Å²) in [6.45, 7) is 3.52. The van der Waals surface area contributed by atoms with Crippen molar-refractivity contribution in [1.82, 2.24) is 0 Å². The Morgan fingerprint density at radius 2 is 1.88 bits per heavy atom. The predicted octanol–water partition coefficient (Wildman–Crippen LogP) is 2.44. The van der Waals surface area contributed by atoms with Gasteiger partial charge in [0.15, 0.2) is 11.5 Å². The van der Waals surface area contributed by atoms with E-state index in [2.05, 4.69) is 15.9 Å². The second-order valence-corrected chi connectivity index (χ2v) is 5.21. The van der Waals surface area contributed by atoms with E-state index >= 15 is 0 Å². The van der Waals surface area contributed by atoms with Crippen LogP contribution in [0.4, 0.5) is 0 Å². The minimum atomic E-state index is -0.632. The Morgan fingerprint density at radius 1 is 1.29 bits per heavy atom. The van der Waals surface area contributed by atoms with Gasteiger partial charge in [-0.1, -0.05) is 13.8 Å². The number of aromatic hydroxyl groups is 1. The van der Waals surface area contributed by atoms with Crippen molar-refractivity contribution in [3.05, 3.63) is 16.1 Å². The molecule has 17 heavy (non-hydrogen) atoms. The predicted molar refractivity (Wildman–Crippen MR) is 69.0 cm³/mol. The monoisotopic (exact) mass is 304 g/mol. The van der Waals surface area contributed by atoms with Gasteiger partial charge in [-0.3, -0.25) is 0 Å². The first-order valence-corrected chi connectivity index (χ1v) is 5.93. The lowest BCUT2D eigenvalue weighted by Crippen LogP contribution is -2.23. The van der Waals surface area contributed by atoms with Gasteiger partial charge in [-0.05, 0) is 15.9 Å². The zero-order chi connectivity index (χ0) is 13.2. The average molecular weight is 305 g/mol. The molecule has 96 valence electrons. The first kappa shape index (κ1) is 14.1. The largest absolute Gasteiger partial charge is 0.506 e. The summed E-state index contributed by atoms with van der Waals surface area (Å²) in [7, 11) is 3.03. The molecule has 1 aromatic rings. The maximum absolute atomic E-state index is 10.1. The van der Waals surface area contributed by atoms with E-state index in [1.807, 2.05) is 13.8 Å². The summed E-state index contributed by atoms with van der Waals surface area (Å²) in [5.74, 6) is 1.00. The van der Waals surface area contributed by atoms with Gasteiger partial charge in [0.05, 0.1) is 25.3 Å². The molecule has 0 unspecified atom stereocenters. The topological polar surface area (TPSA) is 58.9 Å². The van der Waals surface area contributed by atoms with E-state index in [0.29, 0.717) is 21.5 Å². The van der Waals surface area contributed by atoms with Crippen molar-refractivity contribution >= 4 is 15.9 Å². The summed E-state index contributed by atoms with van der Waals surface area (Å²) >= 11 is 3.26. The number of phenols is 1. The molecule has 0 aliphatic rings. The molecule has 1 aromatic carbocycles. The lowest BCUT2D eigenvalue weighted by atomic mass is 9.84. The molecule has 0 aromatic heterocycles. The molecule has 1 rings (SSSR count). The van der Waals surface area contributed by atoms with Crippen LogP contribution in [0.2, 0.25) is 0 Å². The Balaban J connectivity index is 3.60. The number of ether oxygens (including phenoxy) is 2. The molecule has 0 saturated heterocycles. The Morgan fingerprint density at radius 3 is 2.29 bits per heavy atom. The number of hydrogen-bond acceptors (Lipinski definition) is 4. The maximum Gasteiger partial charge on any atom is 0.168 e. The van der Waals surface area contributed by atoms with Gasteiger partial charge in [0.2, 0.25) is 0 Å². The van der Waals surface area contributed by atoms with Crippen molar-refractivity contribution in [1.29, 1.82) is 0 Å². The van der Waals surface area contributed by atoms with Crippen LogP contribution in [0.5, 0.6) is 17.2 Å². The molecule has 0 atom stereocenters. The van der Waals surface area contributed by atoms with Gasteiger partial charge in [-0.15, -0.1) is 0 Å². The minimum absolute atomic E-state index is 0.0571. The first-order chi connectivity index (χ1) is 7.88. The summed E-state index contributed by atoms with van der Waals surface area (Å²) in [6.07, 6.45) is 0. The van der Waals surface area contributed by atoms with Crippen molar-refractivity contribution in [2.45, 2.75) is 19.3 Å². The highest BCUT2D eigenvalue weighted by atomic mass is 79.9. The van der Waals surface area contributed by atoms with Crippen LogP contribution in [0.25, 0.3) is 0 Å². The molecule has 2 N–H and O–H groups in total. The van der Waals surface area contributed by atoms with Gasteiger partial charge in [0.1, 0.15) is 5.75 Å². The molecule has 0 saturated carbocycles. The van der Waals surface area contributed by atoms with Gasteiger partial charge in [-0.2, -0.15) is 0 Å². The van der Waals surface area contributed by atoms with E-state index < -0.39 is 5.41 Å². The summed E-state index contributed by atoms with van der Waals surface area (Å²) in [4.78, 5) is 0. The van der Waals surface area contributed by atoms with Crippen LogP contribution in [0, 0.1) is 0 Å². The van der Waals surface area contributed by atoms with E-state index in [4.69, 9.17) is 9.47 Å². The Hall–Kier alpha value is -0.940. The molecule has 0 aliphatic carbocycles. The molecule has 0 aliphatic heterocycles. The first-order valence-electron chi connectivity index (χ1n) is 5.13. The maximum atomic E-state index is 10.1. The van der Waals surface area contributed by atoms with E-state index in [1.54, 1.807) is 6.07 Å². The Bertz CT molecular complexity index is 415. The summed E-state index contributed by atoms with van der Waals surface area (Å²) in [5, 5.41) is 19.5. The number of aliphatic hydroxyl groups is 1. The molecule has 0 spiro atoms. The third-order valence-corrected chi connectivity index (χ3v) is 3.27. The number of phenolic OH excluding ortho intramolecular Hbond substituents is 1. The Labute approximate surface area is 109 Å². The van der Waals surface area contributed by atoms with Crippen LogP contribution in [0.1, 0.15) is 19.4 Å². The average Bonchev–Trinajstić information content (AvgIpc) is 2.31. The van der Waals surface area contributed by atoms with Crippen LogP contribution >= 0.6 is 15.9 Å². The van der Waals surface area contributed by atoms with Crippen molar-refractivity contribution in [3.63, 3.8) is 0 Å². The van der Waals surface area contributed by atoms with Gasteiger partial charge < -0.3 is 19.7 Å². The highest BCUT2D eigenvalue weighted by Gasteiger charge is 2.31. The van der Waals surface area contributed by atoms with Gasteiger partial charge in [0.25, 0.3) is 0 Å². The second kappa shape index (κ2) is 5.14. The second-order valence-electron chi connectivity index (χ2n) is 4.36. The fourth-order valence-corrected chi connectivity index (χ4v) is 2.07. The zero-order valence-electron chi connectivity index (χ0n) is 10.4. The number of halogens is 1. The summed E-state index contributed by atoms with van der Waals surface area (Å²) in [5.41, 5.74) is -0.110. The molecule has 4 nitrogen and oxygen atoms in total. The normalized spacial score (nSPS) is 11.4. The molecule has 0 bridgehead atoms. The third-order valence-electron chi connectivity index (χ3n) is 2.67. The molecule has 0 radical (unpaired) electrons. The van der Waals surface area contributed by atoms with Gasteiger partial charge in [-0.25, -0.2) is 0 Å². The lowest BCUT2D eigenvalue weighted by Gasteiger charge is -2.27. The van der Waals surface area contributed by atoms with E-state index in [9.17, 15) is 10.2 Å². The standard InChI is InChI=1S/C12H17BrO4/c1-12(2,6-14)9-10(15)7(13)5-8(16-3)11(9)17-4/h5,14-15H,6H2,1-4H3. The van der Waals surface area contributed by atoms with Crippen molar-refractivity contribution in [2.24, 2.45) is 0 Å². The Kier molecular flexibility index (Phi) is 4.27. The van der Waals surface area contributed by atoms with Crippen LogP contribution in [-0.4, -0.2) is 31.0 Å². The number of benzene rings is 1. The van der Waals surface area contributed by atoms with E-state index in [1.165, 1.54) is 14.2 Å². The van der Waals surface area contributed by atoms with Crippen LogP contribution in [0.3, 0.4) is 0 Å². The molecule has 0 fully saturated rings. The molecule has 0 amide bonds. The quantitative estimate of drug-likeness (QED) is 0.897. The fraction of sp³-hybridized carbons (Fsp3) is 0.500. The summed E-state index contributed by atoms with van der Waals surface area (Å²) in [6, 6.07) is 1.63. The SMILES string of the molecule is COc1cc(Br)c(O)c(C(C)(C)CO)c1OC. The van der Waals surface area contributed by atoms with Crippen LogP contribution in [0.15, 0.2) is 10.5 Å². The number of methoxy groups -OCH3 is 2. The lowest BCUT2D eigenvalue weighted by molar-refractivity contribution is 0.210. The molecule has 0 heterocycles. The smallest absolute Gasteiger partial charge is 0.168 e. The van der Waals surface area contributed by atoms with Gasteiger partial charge in [0, 0.05) is 17.0 Å². The summed E-state index contributed by atoms with van der Waals surface area (Å²) < 4.78 is 11.0. The zero-order valence-corrected chi connectivity index (χ0v) is 12.0. The van der Waals surface area contributed by atoms with Crippen molar-refractivity contribution in [3.8, 4) is 17.2 Å². The molecule has 5 heteroatoms. The third kappa shape index (κ3) is 2.50. The van der Waals surface area contributed by atoms with Crippen molar-refractivity contribution in [2.75, 3.05) is 20.8 Å². The van der Waals surface area contributed by atoms with E-state index in [0.717, 1.165) is 0 Å². The highest BCUT2D eigenvalue weighted by Crippen LogP contribution is 2.47. The number of hydrogen-bond donors (Lipinski definition) is 2. The van der Waals surface area contributed by atoms with Crippen LogP contribution < -0.4 is 9.47 Å². The fourth-order valence-electron chi connectivity index (χ4n) is 1.66. The minimum Gasteiger partial charge on any atom is -0.506 e. The highest BCUT2D eigenvalue weighted by molar-refractivity contribution is 9.10. The van der Waals surface area contributed by atoms with Gasteiger partial charge >= 0.3 is 0 Å². The molecular weight excluding hydrogens is 288 g/mol. The molecular formula is C12H17BrO4. The van der Waals surface area contributed by atoms with E-state index in [-0.39, 0.29) is 12.4 Å². The van der Waals surface area contributed by atoms with Crippen molar-refractivity contribution < 1.29 is 19.7 Å². The van der Waals surface area contributed by atoms with Crippen LogP contribution in [-0.2, 0) is 5.41 Å².